The van der Waals surface area contributed by atoms with E-state index in [-0.39, 0.29) is 24.8 Å². The van der Waals surface area contributed by atoms with Crippen LogP contribution < -0.4 is 14.8 Å². The van der Waals surface area contributed by atoms with Crippen LogP contribution in [0.25, 0.3) is 0 Å². The van der Waals surface area contributed by atoms with E-state index in [2.05, 4.69) is 25.5 Å². The molecule has 0 bridgehead atoms. The molecule has 134 valence electrons. The van der Waals surface area contributed by atoms with Gasteiger partial charge in [-0.15, -0.1) is 0 Å². The zero-order chi connectivity index (χ0) is 18.4. The number of aromatic amines is 1. The van der Waals surface area contributed by atoms with Gasteiger partial charge in [-0.05, 0) is 25.1 Å². The van der Waals surface area contributed by atoms with Crippen molar-refractivity contribution in [2.24, 2.45) is 0 Å². The van der Waals surface area contributed by atoms with Crippen molar-refractivity contribution in [3.8, 4) is 11.5 Å². The molecule has 8 heteroatoms. The van der Waals surface area contributed by atoms with Gasteiger partial charge in [0.25, 0.3) is 5.91 Å². The van der Waals surface area contributed by atoms with Crippen molar-refractivity contribution in [1.82, 2.24) is 25.5 Å². The molecule has 0 unspecified atom stereocenters. The standard InChI is InChI=1S/C18H19N5O3/c1-12-8-20-14(9-19-12)10-21-18(24)15-7-13(22-23-15)11-26-17-6-4-3-5-16(17)25-2/h3-9H,10-11H2,1-2H3,(H,21,24)(H,22,23). The lowest BCUT2D eigenvalue weighted by Crippen LogP contribution is -2.23. The molecule has 2 heterocycles. The fraction of sp³-hybridized carbons (Fsp3) is 0.222. The third-order valence-corrected chi connectivity index (χ3v) is 3.58. The summed E-state index contributed by atoms with van der Waals surface area (Å²) in [5, 5.41) is 9.56. The van der Waals surface area contributed by atoms with Crippen LogP contribution in [0.2, 0.25) is 0 Å². The first-order valence-corrected chi connectivity index (χ1v) is 8.01. The Labute approximate surface area is 150 Å². The molecule has 2 N–H and O–H groups in total. The smallest absolute Gasteiger partial charge is 0.272 e. The van der Waals surface area contributed by atoms with Gasteiger partial charge in [-0.1, -0.05) is 12.1 Å². The number of carbonyl (C=O) groups excluding carboxylic acids is 1. The lowest BCUT2D eigenvalue weighted by atomic mass is 10.3. The largest absolute Gasteiger partial charge is 0.493 e. The van der Waals surface area contributed by atoms with Crippen molar-refractivity contribution >= 4 is 5.91 Å². The van der Waals surface area contributed by atoms with Crippen molar-refractivity contribution in [3.05, 3.63) is 65.5 Å². The summed E-state index contributed by atoms with van der Waals surface area (Å²) in [5.74, 6) is 0.963. The van der Waals surface area contributed by atoms with E-state index < -0.39 is 0 Å². The van der Waals surface area contributed by atoms with Crippen LogP contribution in [0.4, 0.5) is 0 Å². The molecular formula is C18H19N5O3. The average molecular weight is 353 g/mol. The summed E-state index contributed by atoms with van der Waals surface area (Å²) in [6.07, 6.45) is 3.29. The lowest BCUT2D eigenvalue weighted by molar-refractivity contribution is 0.0945. The Hall–Kier alpha value is -3.42. The molecule has 0 aliphatic heterocycles. The second kappa shape index (κ2) is 8.11. The van der Waals surface area contributed by atoms with Crippen LogP contribution in [0.5, 0.6) is 11.5 Å². The number of aryl methyl sites for hydroxylation is 1. The fourth-order valence-corrected chi connectivity index (χ4v) is 2.22. The molecular weight excluding hydrogens is 334 g/mol. The van der Waals surface area contributed by atoms with Gasteiger partial charge in [0.2, 0.25) is 0 Å². The number of hydrogen-bond donors (Lipinski definition) is 2. The summed E-state index contributed by atoms with van der Waals surface area (Å²) in [6.45, 7) is 2.38. The highest BCUT2D eigenvalue weighted by Gasteiger charge is 2.11. The molecule has 0 aliphatic carbocycles. The van der Waals surface area contributed by atoms with E-state index in [1.165, 1.54) is 0 Å². The first-order valence-electron chi connectivity index (χ1n) is 8.01. The van der Waals surface area contributed by atoms with E-state index >= 15 is 0 Å². The highest BCUT2D eigenvalue weighted by Crippen LogP contribution is 2.26. The topological polar surface area (TPSA) is 102 Å². The number of nitrogens with one attached hydrogen (secondary N) is 2. The lowest BCUT2D eigenvalue weighted by Gasteiger charge is -2.08. The SMILES string of the molecule is COc1ccccc1OCc1cc(C(=O)NCc2cnc(C)cn2)n[nH]1. The van der Waals surface area contributed by atoms with Crippen LogP contribution in [0.15, 0.2) is 42.7 Å². The number of H-pyrrole nitrogens is 1. The van der Waals surface area contributed by atoms with Crippen molar-refractivity contribution in [1.29, 1.82) is 0 Å². The van der Waals surface area contributed by atoms with Gasteiger partial charge in [0.15, 0.2) is 11.5 Å². The van der Waals surface area contributed by atoms with Gasteiger partial charge >= 0.3 is 0 Å². The summed E-state index contributed by atoms with van der Waals surface area (Å²) in [5.41, 5.74) is 2.46. The molecule has 26 heavy (non-hydrogen) atoms. The molecule has 1 amide bonds. The number of hydrogen-bond acceptors (Lipinski definition) is 6. The summed E-state index contributed by atoms with van der Waals surface area (Å²) >= 11 is 0. The Kier molecular flexibility index (Phi) is 5.43. The Balaban J connectivity index is 1.55. The molecule has 0 saturated carbocycles. The van der Waals surface area contributed by atoms with Crippen LogP contribution >= 0.6 is 0 Å². The van der Waals surface area contributed by atoms with Crippen LogP contribution in [0, 0.1) is 6.92 Å². The summed E-state index contributed by atoms with van der Waals surface area (Å²) < 4.78 is 10.9. The van der Waals surface area contributed by atoms with E-state index in [9.17, 15) is 4.79 Å². The predicted molar refractivity (Wildman–Crippen MR) is 93.9 cm³/mol. The summed E-state index contributed by atoms with van der Waals surface area (Å²) in [4.78, 5) is 20.5. The number of benzene rings is 1. The maximum Gasteiger partial charge on any atom is 0.272 e. The number of methoxy groups -OCH3 is 1. The van der Waals surface area contributed by atoms with E-state index in [1.807, 2.05) is 31.2 Å². The summed E-state index contributed by atoms with van der Waals surface area (Å²) in [7, 11) is 1.58. The normalized spacial score (nSPS) is 10.4. The minimum absolute atomic E-state index is 0.240. The number of ether oxygens (including phenoxy) is 2. The number of rotatable bonds is 7. The van der Waals surface area contributed by atoms with Gasteiger partial charge in [-0.2, -0.15) is 5.10 Å². The maximum absolute atomic E-state index is 12.2. The third-order valence-electron chi connectivity index (χ3n) is 3.58. The number of nitrogens with zero attached hydrogens (tertiary/aromatic N) is 3. The Morgan fingerprint density at radius 2 is 2.00 bits per heavy atom. The monoisotopic (exact) mass is 353 g/mol. The second-order valence-corrected chi connectivity index (χ2v) is 5.55. The zero-order valence-corrected chi connectivity index (χ0v) is 14.5. The molecule has 2 aromatic heterocycles. The highest BCUT2D eigenvalue weighted by molar-refractivity contribution is 5.92. The first-order chi connectivity index (χ1) is 12.7. The Morgan fingerprint density at radius 3 is 2.73 bits per heavy atom. The second-order valence-electron chi connectivity index (χ2n) is 5.55. The minimum Gasteiger partial charge on any atom is -0.493 e. The minimum atomic E-state index is -0.299. The van der Waals surface area contributed by atoms with Crippen LogP contribution in [-0.2, 0) is 13.2 Å². The van der Waals surface area contributed by atoms with Gasteiger partial charge in [0, 0.05) is 6.20 Å². The van der Waals surface area contributed by atoms with Crippen molar-refractivity contribution in [2.75, 3.05) is 7.11 Å². The molecule has 0 aliphatic rings. The molecule has 3 rings (SSSR count). The van der Waals surface area contributed by atoms with Gasteiger partial charge in [0.1, 0.15) is 12.3 Å². The molecule has 0 saturated heterocycles. The van der Waals surface area contributed by atoms with Crippen molar-refractivity contribution in [3.63, 3.8) is 0 Å². The molecule has 3 aromatic rings. The van der Waals surface area contributed by atoms with Crippen molar-refractivity contribution < 1.29 is 14.3 Å². The Bertz CT molecular complexity index is 877. The maximum atomic E-state index is 12.2. The number of carbonyl (C=O) groups is 1. The number of para-hydroxylation sites is 2. The predicted octanol–water partition coefficient (Wildman–Crippen LogP) is 2.03. The Morgan fingerprint density at radius 1 is 1.19 bits per heavy atom. The first kappa shape index (κ1) is 17.4. The molecule has 0 radical (unpaired) electrons. The van der Waals surface area contributed by atoms with Gasteiger partial charge < -0.3 is 14.8 Å². The van der Waals surface area contributed by atoms with Gasteiger partial charge in [0.05, 0.1) is 36.9 Å². The zero-order valence-electron chi connectivity index (χ0n) is 14.5. The van der Waals surface area contributed by atoms with E-state index in [4.69, 9.17) is 9.47 Å². The molecule has 8 nitrogen and oxygen atoms in total. The molecule has 0 fully saturated rings. The van der Waals surface area contributed by atoms with Crippen molar-refractivity contribution in [2.45, 2.75) is 20.1 Å². The average Bonchev–Trinajstić information content (AvgIpc) is 3.15. The summed E-state index contributed by atoms with van der Waals surface area (Å²) in [6, 6.07) is 8.99. The van der Waals surface area contributed by atoms with E-state index in [0.29, 0.717) is 22.9 Å². The highest BCUT2D eigenvalue weighted by atomic mass is 16.5. The van der Waals surface area contributed by atoms with Crippen LogP contribution in [0.1, 0.15) is 27.6 Å². The number of amides is 1. The van der Waals surface area contributed by atoms with Crippen LogP contribution in [-0.4, -0.2) is 33.2 Å². The van der Waals surface area contributed by atoms with E-state index in [1.54, 1.807) is 25.6 Å². The van der Waals surface area contributed by atoms with Crippen LogP contribution in [0.3, 0.4) is 0 Å². The quantitative estimate of drug-likeness (QED) is 0.674. The molecule has 1 aromatic carbocycles. The molecule has 0 atom stereocenters. The number of aromatic nitrogens is 4. The third kappa shape index (κ3) is 4.35. The molecule has 0 spiro atoms. The van der Waals surface area contributed by atoms with E-state index in [0.717, 1.165) is 5.69 Å². The fourth-order valence-electron chi connectivity index (χ4n) is 2.22. The van der Waals surface area contributed by atoms with Gasteiger partial charge in [-0.3, -0.25) is 19.9 Å². The van der Waals surface area contributed by atoms with Gasteiger partial charge in [-0.25, -0.2) is 0 Å².